The number of nitrogens with one attached hydrogen (secondary N) is 1. The summed E-state index contributed by atoms with van der Waals surface area (Å²) in [6.07, 6.45) is 13.1. The molecule has 1 aromatic carbocycles. The molecule has 1 aromatic heterocycles. The van der Waals surface area contributed by atoms with Gasteiger partial charge in [-0.25, -0.2) is 8.78 Å². The van der Waals surface area contributed by atoms with Crippen LogP contribution in [0.1, 0.15) is 88.7 Å². The molecule has 0 atom stereocenters. The predicted octanol–water partition coefficient (Wildman–Crippen LogP) is 5.95. The minimum absolute atomic E-state index is 0.219. The number of halogens is 2. The normalized spacial score (nSPS) is 28.0. The fourth-order valence-corrected chi connectivity index (χ4v) is 6.76. The molecule has 2 aliphatic carbocycles. The van der Waals surface area contributed by atoms with Gasteiger partial charge in [0.2, 0.25) is 5.91 Å². The second-order valence-corrected chi connectivity index (χ2v) is 11.6. The molecule has 0 bridgehead atoms. The Balaban J connectivity index is 0.985. The number of fused-ring (bicyclic) bond motifs is 1. The Labute approximate surface area is 218 Å². The first kappa shape index (κ1) is 26.5. The number of ether oxygens (including phenoxy) is 1. The number of aromatic nitrogens is 1. The summed E-state index contributed by atoms with van der Waals surface area (Å²) in [5.74, 6) is -0.0570. The zero-order valence-corrected chi connectivity index (χ0v) is 22.0. The van der Waals surface area contributed by atoms with Crippen molar-refractivity contribution in [2.75, 3.05) is 26.7 Å². The molecule has 37 heavy (non-hydrogen) atoms. The van der Waals surface area contributed by atoms with Crippen molar-refractivity contribution in [2.45, 2.75) is 95.1 Å². The molecule has 0 unspecified atom stereocenters. The summed E-state index contributed by atoms with van der Waals surface area (Å²) in [5.41, 5.74) is 1.08. The van der Waals surface area contributed by atoms with Crippen LogP contribution in [0.3, 0.4) is 0 Å². The van der Waals surface area contributed by atoms with Crippen LogP contribution in [0.2, 0.25) is 0 Å². The monoisotopic (exact) mass is 517 g/mol. The van der Waals surface area contributed by atoms with Crippen molar-refractivity contribution in [3.8, 4) is 0 Å². The van der Waals surface area contributed by atoms with Gasteiger partial charge < -0.3 is 19.5 Å². The molecule has 3 aliphatic rings. The molecule has 2 heterocycles. The topological polar surface area (TPSA) is 67.6 Å². The number of benzene rings is 1. The first-order valence-corrected chi connectivity index (χ1v) is 14.3. The summed E-state index contributed by atoms with van der Waals surface area (Å²) in [5, 5.41) is 8.06. The molecular weight excluding hydrogens is 476 g/mol. The molecule has 0 radical (unpaired) electrons. The molecule has 1 saturated heterocycles. The number of nitrogens with zero attached hydrogens (tertiary/aromatic N) is 2. The number of methoxy groups -OCH3 is 1. The van der Waals surface area contributed by atoms with E-state index in [9.17, 15) is 13.6 Å². The molecule has 3 fully saturated rings. The molecule has 1 amide bonds. The maximum absolute atomic E-state index is 13.7. The largest absolute Gasteiger partial charge is 0.381 e. The lowest BCUT2D eigenvalue weighted by Crippen LogP contribution is -2.39. The van der Waals surface area contributed by atoms with E-state index >= 15 is 0 Å². The zero-order chi connectivity index (χ0) is 25.8. The van der Waals surface area contributed by atoms with Gasteiger partial charge in [0.25, 0.3) is 0 Å². The van der Waals surface area contributed by atoms with Crippen LogP contribution in [-0.4, -0.2) is 54.9 Å². The number of amides is 1. The minimum atomic E-state index is -0.901. The highest BCUT2D eigenvalue weighted by molar-refractivity contribution is 5.80. The summed E-state index contributed by atoms with van der Waals surface area (Å²) in [6.45, 7) is 3.07. The summed E-state index contributed by atoms with van der Waals surface area (Å²) in [7, 11) is 1.78. The van der Waals surface area contributed by atoms with Gasteiger partial charge in [-0.15, -0.1) is 0 Å². The number of carbonyl (C=O) groups is 1. The third-order valence-electron chi connectivity index (χ3n) is 9.18. The van der Waals surface area contributed by atoms with Crippen molar-refractivity contribution in [1.82, 2.24) is 15.4 Å². The summed E-state index contributed by atoms with van der Waals surface area (Å²) < 4.78 is 37.9. The van der Waals surface area contributed by atoms with Gasteiger partial charge in [-0.05, 0) is 108 Å². The molecule has 1 aliphatic heterocycles. The predicted molar refractivity (Wildman–Crippen MR) is 138 cm³/mol. The van der Waals surface area contributed by atoms with E-state index in [1.54, 1.807) is 7.11 Å². The Hall–Kier alpha value is -2.06. The Kier molecular flexibility index (Phi) is 8.75. The van der Waals surface area contributed by atoms with Gasteiger partial charge in [0.1, 0.15) is 0 Å². The van der Waals surface area contributed by atoms with E-state index in [1.807, 2.05) is 0 Å². The minimum Gasteiger partial charge on any atom is -0.381 e. The molecule has 8 heteroatoms. The summed E-state index contributed by atoms with van der Waals surface area (Å²) in [4.78, 5) is 15.1. The van der Waals surface area contributed by atoms with Gasteiger partial charge >= 0.3 is 0 Å². The summed E-state index contributed by atoms with van der Waals surface area (Å²) >= 11 is 0. The average Bonchev–Trinajstić information content (AvgIpc) is 3.31. The molecule has 2 saturated carbocycles. The number of hydrogen-bond donors (Lipinski definition) is 1. The number of rotatable bonds is 8. The van der Waals surface area contributed by atoms with Gasteiger partial charge in [0.05, 0.1) is 11.8 Å². The molecular formula is C29H41F2N3O3. The molecule has 5 rings (SSSR count). The van der Waals surface area contributed by atoms with Gasteiger partial charge in [-0.2, -0.15) is 0 Å². The highest BCUT2D eigenvalue weighted by Gasteiger charge is 2.28. The molecule has 1 N–H and O–H groups in total. The lowest BCUT2D eigenvalue weighted by Gasteiger charge is -2.34. The van der Waals surface area contributed by atoms with Crippen LogP contribution < -0.4 is 5.32 Å². The highest BCUT2D eigenvalue weighted by atomic mass is 19.2. The Bertz CT molecular complexity index is 1040. The van der Waals surface area contributed by atoms with Crippen molar-refractivity contribution < 1.29 is 22.8 Å². The maximum atomic E-state index is 13.7. The van der Waals surface area contributed by atoms with Gasteiger partial charge in [0, 0.05) is 36.9 Å². The average molecular weight is 518 g/mol. The van der Waals surface area contributed by atoms with E-state index < -0.39 is 11.6 Å². The molecule has 2 aromatic rings. The van der Waals surface area contributed by atoms with Crippen molar-refractivity contribution in [2.24, 2.45) is 11.8 Å². The molecule has 6 nitrogen and oxygen atoms in total. The van der Waals surface area contributed by atoms with E-state index in [0.29, 0.717) is 35.5 Å². The second kappa shape index (κ2) is 12.2. The lowest BCUT2D eigenvalue weighted by molar-refractivity contribution is -0.123. The van der Waals surface area contributed by atoms with Crippen LogP contribution in [-0.2, 0) is 9.53 Å². The number of hydrogen-bond acceptors (Lipinski definition) is 5. The van der Waals surface area contributed by atoms with Crippen LogP contribution in [0.15, 0.2) is 16.7 Å². The third-order valence-corrected chi connectivity index (χ3v) is 9.18. The fraction of sp³-hybridized carbons (Fsp3) is 0.724. The Morgan fingerprint density at radius 3 is 2.38 bits per heavy atom. The third kappa shape index (κ3) is 6.69. The van der Waals surface area contributed by atoms with Crippen LogP contribution in [0.25, 0.3) is 11.0 Å². The molecule has 204 valence electrons. The van der Waals surface area contributed by atoms with E-state index in [4.69, 9.17) is 9.26 Å². The van der Waals surface area contributed by atoms with E-state index in [-0.39, 0.29) is 11.8 Å². The van der Waals surface area contributed by atoms with Crippen molar-refractivity contribution in [3.63, 3.8) is 0 Å². The van der Waals surface area contributed by atoms with Crippen LogP contribution >= 0.6 is 0 Å². The quantitative estimate of drug-likeness (QED) is 0.469. The van der Waals surface area contributed by atoms with Crippen molar-refractivity contribution in [1.29, 1.82) is 0 Å². The molecule has 0 spiro atoms. The number of likely N-dealkylation sites (tertiary alicyclic amines) is 1. The highest BCUT2D eigenvalue weighted by Crippen LogP contribution is 2.34. The van der Waals surface area contributed by atoms with Crippen LogP contribution in [0.4, 0.5) is 8.78 Å². The number of piperidine rings is 1. The van der Waals surface area contributed by atoms with Gasteiger partial charge in [0.15, 0.2) is 17.2 Å². The zero-order valence-electron chi connectivity index (χ0n) is 22.0. The smallest absolute Gasteiger partial charge is 0.220 e. The van der Waals surface area contributed by atoms with Gasteiger partial charge in [-0.3, -0.25) is 4.79 Å². The van der Waals surface area contributed by atoms with Crippen molar-refractivity contribution in [3.05, 3.63) is 29.5 Å². The Morgan fingerprint density at radius 2 is 1.68 bits per heavy atom. The van der Waals surface area contributed by atoms with E-state index in [0.717, 1.165) is 88.7 Å². The summed E-state index contributed by atoms with van der Waals surface area (Å²) in [6, 6.07) is 2.64. The number of carbonyl (C=O) groups excluding carboxylic acids is 1. The van der Waals surface area contributed by atoms with E-state index in [1.165, 1.54) is 25.3 Å². The van der Waals surface area contributed by atoms with Crippen molar-refractivity contribution >= 4 is 16.9 Å². The lowest BCUT2D eigenvalue weighted by atomic mass is 9.83. The SMILES string of the molecule is CO[C@H]1CC[C@H](CC(=O)NC2CCC(CCN3CCC(c4noc5cc(F)c(F)cc45)CC3)CC2)CC1. The van der Waals surface area contributed by atoms with Gasteiger partial charge in [-0.1, -0.05) is 5.16 Å². The standard InChI is InChI=1S/C29H41F2N3O3/c1-36-23-8-4-20(5-9-23)16-28(35)32-22-6-2-19(3-7-22)10-13-34-14-11-21(12-15-34)29-24-17-25(30)26(31)18-27(24)37-33-29/h17-23H,2-16H2,1H3,(H,32,35)/t19?,20-,22?,23-. The maximum Gasteiger partial charge on any atom is 0.220 e. The first-order valence-electron chi connectivity index (χ1n) is 14.3. The van der Waals surface area contributed by atoms with Crippen LogP contribution in [0.5, 0.6) is 0 Å². The Morgan fingerprint density at radius 1 is 1.00 bits per heavy atom. The fourth-order valence-electron chi connectivity index (χ4n) is 6.76. The van der Waals surface area contributed by atoms with Crippen LogP contribution in [0, 0.1) is 23.5 Å². The second-order valence-electron chi connectivity index (χ2n) is 11.6. The first-order chi connectivity index (χ1) is 18.0. The van der Waals surface area contributed by atoms with E-state index in [2.05, 4.69) is 15.4 Å².